The highest BCUT2D eigenvalue weighted by molar-refractivity contribution is 6.10. The van der Waals surface area contributed by atoms with Gasteiger partial charge in [-0.15, -0.1) is 0 Å². The molecule has 264 valence electrons. The van der Waals surface area contributed by atoms with Gasteiger partial charge in [-0.1, -0.05) is 152 Å². The Morgan fingerprint density at radius 1 is 0.304 bits per heavy atom. The van der Waals surface area contributed by atoms with Crippen LogP contribution in [0.5, 0.6) is 0 Å². The number of aromatic nitrogens is 4. The molecule has 0 bridgehead atoms. The fourth-order valence-electron chi connectivity index (χ4n) is 7.55. The van der Waals surface area contributed by atoms with Crippen LogP contribution in [0.15, 0.2) is 212 Å². The maximum absolute atomic E-state index is 5.13. The van der Waals surface area contributed by atoms with Gasteiger partial charge in [-0.3, -0.25) is 0 Å². The Bertz CT molecular complexity index is 2900. The standard InChI is InChI=1S/C51H35N5/c1-5-16-37(17-6-1)49-52-50(54-51(53-49)40-32-33-46-45-26-13-14-27-47(45)56(48(46)35-40)43-23-11-4-12-24-43)38-30-28-36(29-31-38)39-18-15-25-44(34-39)55(41-19-7-2-8-20-41)42-21-9-3-10-22-42/h1-35H. The Kier molecular flexibility index (Phi) is 8.43. The number of rotatable bonds is 8. The number of anilines is 3. The van der Waals surface area contributed by atoms with Gasteiger partial charge in [0, 0.05) is 50.2 Å². The molecule has 8 aromatic carbocycles. The van der Waals surface area contributed by atoms with E-state index in [0.29, 0.717) is 17.5 Å². The van der Waals surface area contributed by atoms with Crippen molar-refractivity contribution in [1.82, 2.24) is 19.5 Å². The third kappa shape index (κ3) is 6.17. The van der Waals surface area contributed by atoms with E-state index in [9.17, 15) is 0 Å². The summed E-state index contributed by atoms with van der Waals surface area (Å²) in [6, 6.07) is 73.9. The molecule has 2 heterocycles. The molecule has 0 saturated heterocycles. The maximum atomic E-state index is 5.13. The van der Waals surface area contributed by atoms with E-state index in [1.165, 1.54) is 10.8 Å². The van der Waals surface area contributed by atoms with E-state index in [-0.39, 0.29) is 0 Å². The lowest BCUT2D eigenvalue weighted by Crippen LogP contribution is -2.09. The van der Waals surface area contributed by atoms with Crippen molar-refractivity contribution in [3.05, 3.63) is 212 Å². The lowest BCUT2D eigenvalue weighted by molar-refractivity contribution is 1.07. The van der Waals surface area contributed by atoms with Crippen LogP contribution in [0.3, 0.4) is 0 Å². The van der Waals surface area contributed by atoms with Crippen LogP contribution in [0, 0.1) is 0 Å². The van der Waals surface area contributed by atoms with Crippen molar-refractivity contribution < 1.29 is 0 Å². The topological polar surface area (TPSA) is 46.8 Å². The minimum atomic E-state index is 0.622. The molecule has 0 atom stereocenters. The number of fused-ring (bicyclic) bond motifs is 3. The maximum Gasteiger partial charge on any atom is 0.164 e. The zero-order chi connectivity index (χ0) is 37.3. The first kappa shape index (κ1) is 33.0. The van der Waals surface area contributed by atoms with Gasteiger partial charge in [-0.05, 0) is 71.8 Å². The van der Waals surface area contributed by atoms with E-state index in [4.69, 9.17) is 15.0 Å². The Labute approximate surface area is 325 Å². The second kappa shape index (κ2) is 14.3. The summed E-state index contributed by atoms with van der Waals surface area (Å²) >= 11 is 0. The van der Waals surface area contributed by atoms with Gasteiger partial charge in [0.2, 0.25) is 0 Å². The van der Waals surface area contributed by atoms with E-state index in [2.05, 4.69) is 179 Å². The number of nitrogens with zero attached hydrogens (tertiary/aromatic N) is 5. The van der Waals surface area contributed by atoms with E-state index in [1.807, 2.05) is 42.5 Å². The summed E-state index contributed by atoms with van der Waals surface area (Å²) in [5.74, 6) is 1.88. The Morgan fingerprint density at radius 3 is 1.43 bits per heavy atom. The molecule has 5 nitrogen and oxygen atoms in total. The van der Waals surface area contributed by atoms with Gasteiger partial charge < -0.3 is 9.47 Å². The number of hydrogen-bond acceptors (Lipinski definition) is 4. The molecule has 0 radical (unpaired) electrons. The lowest BCUT2D eigenvalue weighted by Gasteiger charge is -2.25. The van der Waals surface area contributed by atoms with E-state index in [0.717, 1.165) is 61.6 Å². The highest BCUT2D eigenvalue weighted by Gasteiger charge is 2.17. The molecule has 0 fully saturated rings. The highest BCUT2D eigenvalue weighted by Crippen LogP contribution is 2.38. The van der Waals surface area contributed by atoms with Gasteiger partial charge in [-0.25, -0.2) is 15.0 Å². The van der Waals surface area contributed by atoms with Crippen LogP contribution in [-0.2, 0) is 0 Å². The summed E-state index contributed by atoms with van der Waals surface area (Å²) in [5.41, 5.74) is 11.7. The minimum absolute atomic E-state index is 0.622. The number of hydrogen-bond donors (Lipinski definition) is 0. The van der Waals surface area contributed by atoms with E-state index < -0.39 is 0 Å². The molecular formula is C51H35N5. The summed E-state index contributed by atoms with van der Waals surface area (Å²) in [5, 5.41) is 2.39. The molecule has 0 aliphatic carbocycles. The SMILES string of the molecule is c1ccc(-c2nc(-c3ccc(-c4cccc(N(c5ccccc5)c5ccccc5)c4)cc3)nc(-c3ccc4c5ccccc5n(-c5ccccc5)c4c3)n2)cc1. The fourth-order valence-corrected chi connectivity index (χ4v) is 7.55. The van der Waals surface area contributed by atoms with Crippen LogP contribution in [0.1, 0.15) is 0 Å². The van der Waals surface area contributed by atoms with Crippen LogP contribution in [0.4, 0.5) is 17.1 Å². The van der Waals surface area contributed by atoms with Crippen molar-refractivity contribution in [2.24, 2.45) is 0 Å². The third-order valence-electron chi connectivity index (χ3n) is 10.2. The second-order valence-electron chi connectivity index (χ2n) is 13.7. The van der Waals surface area contributed by atoms with Crippen molar-refractivity contribution in [1.29, 1.82) is 0 Å². The van der Waals surface area contributed by atoms with Crippen molar-refractivity contribution in [2.45, 2.75) is 0 Å². The third-order valence-corrected chi connectivity index (χ3v) is 10.2. The first-order valence-corrected chi connectivity index (χ1v) is 18.8. The average molecular weight is 718 g/mol. The molecule has 2 aromatic heterocycles. The molecule has 10 rings (SSSR count). The monoisotopic (exact) mass is 717 g/mol. The van der Waals surface area contributed by atoms with Crippen LogP contribution in [0.2, 0.25) is 0 Å². The Hall–Kier alpha value is -7.63. The Balaban J connectivity index is 1.06. The summed E-state index contributed by atoms with van der Waals surface area (Å²) in [7, 11) is 0. The normalized spacial score (nSPS) is 11.2. The molecule has 0 spiro atoms. The number of benzene rings is 8. The van der Waals surface area contributed by atoms with Gasteiger partial charge in [0.15, 0.2) is 17.5 Å². The summed E-state index contributed by atoms with van der Waals surface area (Å²) in [6.07, 6.45) is 0. The van der Waals surface area contributed by atoms with Crippen LogP contribution < -0.4 is 4.90 Å². The molecule has 0 amide bonds. The average Bonchev–Trinajstić information content (AvgIpc) is 3.61. The van der Waals surface area contributed by atoms with Crippen molar-refractivity contribution in [2.75, 3.05) is 4.90 Å². The van der Waals surface area contributed by atoms with Gasteiger partial charge in [0.25, 0.3) is 0 Å². The first-order valence-electron chi connectivity index (χ1n) is 18.8. The molecule has 10 aromatic rings. The highest BCUT2D eigenvalue weighted by atomic mass is 15.1. The van der Waals surface area contributed by atoms with Crippen LogP contribution in [-0.4, -0.2) is 19.5 Å². The fraction of sp³-hybridized carbons (Fsp3) is 0. The molecule has 56 heavy (non-hydrogen) atoms. The zero-order valence-corrected chi connectivity index (χ0v) is 30.4. The molecule has 0 aliphatic heterocycles. The first-order chi connectivity index (χ1) is 27.8. The zero-order valence-electron chi connectivity index (χ0n) is 30.4. The predicted molar refractivity (Wildman–Crippen MR) is 231 cm³/mol. The summed E-state index contributed by atoms with van der Waals surface area (Å²) in [4.78, 5) is 17.5. The smallest absolute Gasteiger partial charge is 0.164 e. The van der Waals surface area contributed by atoms with Gasteiger partial charge in [-0.2, -0.15) is 0 Å². The molecular weight excluding hydrogens is 683 g/mol. The Morgan fingerprint density at radius 2 is 0.768 bits per heavy atom. The molecule has 0 aliphatic rings. The van der Waals surface area contributed by atoms with Gasteiger partial charge in [0.1, 0.15) is 0 Å². The molecule has 0 unspecified atom stereocenters. The number of para-hydroxylation sites is 4. The van der Waals surface area contributed by atoms with Crippen molar-refractivity contribution in [3.63, 3.8) is 0 Å². The van der Waals surface area contributed by atoms with Crippen molar-refractivity contribution in [3.8, 4) is 51.0 Å². The van der Waals surface area contributed by atoms with Crippen molar-refractivity contribution >= 4 is 38.9 Å². The van der Waals surface area contributed by atoms with E-state index in [1.54, 1.807) is 0 Å². The summed E-state index contributed by atoms with van der Waals surface area (Å²) < 4.78 is 2.32. The quantitative estimate of drug-likeness (QED) is 0.157. The molecule has 0 saturated carbocycles. The second-order valence-corrected chi connectivity index (χ2v) is 13.7. The predicted octanol–water partition coefficient (Wildman–Crippen LogP) is 13.1. The summed E-state index contributed by atoms with van der Waals surface area (Å²) in [6.45, 7) is 0. The molecule has 5 heteroatoms. The van der Waals surface area contributed by atoms with Crippen LogP contribution in [0.25, 0.3) is 72.8 Å². The lowest BCUT2D eigenvalue weighted by atomic mass is 10.0. The minimum Gasteiger partial charge on any atom is -0.310 e. The van der Waals surface area contributed by atoms with Gasteiger partial charge in [0.05, 0.1) is 11.0 Å². The van der Waals surface area contributed by atoms with E-state index >= 15 is 0 Å². The molecule has 0 N–H and O–H groups in total. The van der Waals surface area contributed by atoms with Gasteiger partial charge >= 0.3 is 0 Å². The van der Waals surface area contributed by atoms with Crippen LogP contribution >= 0.6 is 0 Å². The largest absolute Gasteiger partial charge is 0.310 e.